The van der Waals surface area contributed by atoms with Crippen LogP contribution >= 0.6 is 11.6 Å². The quantitative estimate of drug-likeness (QED) is 0.680. The molecule has 1 aromatic carbocycles. The summed E-state index contributed by atoms with van der Waals surface area (Å²) in [4.78, 5) is 19.3. The van der Waals surface area contributed by atoms with E-state index in [1.165, 1.54) is 0 Å². The molecule has 3 aromatic rings. The Morgan fingerprint density at radius 3 is 2.97 bits per heavy atom. The number of carbonyl (C=O) groups excluding carboxylic acids is 1. The van der Waals surface area contributed by atoms with Crippen LogP contribution in [0.1, 0.15) is 28.8 Å². The number of hydrogen-bond acceptors (Lipinski definition) is 5. The van der Waals surface area contributed by atoms with Gasteiger partial charge in [0.2, 0.25) is 0 Å². The molecule has 0 fully saturated rings. The molecule has 0 spiro atoms. The van der Waals surface area contributed by atoms with Crippen LogP contribution in [0.25, 0.3) is 11.3 Å². The Hall–Kier alpha value is -3.15. The number of nitrogens with zero attached hydrogens (tertiary/aromatic N) is 6. The van der Waals surface area contributed by atoms with E-state index in [-0.39, 0.29) is 11.9 Å². The Morgan fingerprint density at radius 2 is 2.20 bits per heavy atom. The molecule has 0 bridgehead atoms. The van der Waals surface area contributed by atoms with Gasteiger partial charge < -0.3 is 9.88 Å². The molecule has 0 radical (unpaired) electrons. The summed E-state index contributed by atoms with van der Waals surface area (Å²) < 4.78 is 3.82. The molecule has 1 N–H and O–H groups in total. The zero-order valence-corrected chi connectivity index (χ0v) is 17.6. The lowest BCUT2D eigenvalue weighted by atomic mass is 10.1. The standard InChI is InChI=1S/C21H22ClN7O/c1-14(24-21(30)19-12-28-8-7-27(2)13-20(28)25-19)11-29-6-5-18(26-29)15-3-4-16(10-23)17(22)9-15/h3-6,9,12,14H,7-8,11,13H2,1-2H3,(H,24,30). The van der Waals surface area contributed by atoms with Gasteiger partial charge in [-0.1, -0.05) is 17.7 Å². The molecule has 1 unspecified atom stereocenters. The highest BCUT2D eigenvalue weighted by molar-refractivity contribution is 6.32. The van der Waals surface area contributed by atoms with Gasteiger partial charge in [0, 0.05) is 37.1 Å². The van der Waals surface area contributed by atoms with Gasteiger partial charge >= 0.3 is 0 Å². The molecule has 154 valence electrons. The van der Waals surface area contributed by atoms with E-state index < -0.39 is 0 Å². The van der Waals surface area contributed by atoms with Crippen molar-refractivity contribution in [3.05, 3.63) is 58.8 Å². The second-order valence-electron chi connectivity index (χ2n) is 7.58. The molecule has 9 heteroatoms. The molecule has 0 saturated heterocycles. The molecule has 1 atom stereocenters. The lowest BCUT2D eigenvalue weighted by Gasteiger charge is -2.22. The second kappa shape index (κ2) is 8.30. The van der Waals surface area contributed by atoms with E-state index in [0.717, 1.165) is 36.7 Å². The number of nitriles is 1. The number of imidazole rings is 1. The summed E-state index contributed by atoms with van der Waals surface area (Å²) >= 11 is 6.12. The van der Waals surface area contributed by atoms with E-state index in [1.807, 2.05) is 49.1 Å². The highest BCUT2D eigenvalue weighted by Gasteiger charge is 2.20. The van der Waals surface area contributed by atoms with E-state index in [0.29, 0.717) is 22.8 Å². The average Bonchev–Trinajstić information content (AvgIpc) is 3.34. The molecular weight excluding hydrogens is 402 g/mol. The summed E-state index contributed by atoms with van der Waals surface area (Å²) in [5.41, 5.74) is 2.47. The minimum absolute atomic E-state index is 0.129. The van der Waals surface area contributed by atoms with E-state index in [2.05, 4.69) is 20.3 Å². The van der Waals surface area contributed by atoms with Crippen LogP contribution in [0.3, 0.4) is 0 Å². The van der Waals surface area contributed by atoms with Gasteiger partial charge in [0.25, 0.3) is 5.91 Å². The van der Waals surface area contributed by atoms with Crippen molar-refractivity contribution in [1.82, 2.24) is 29.5 Å². The number of carbonyl (C=O) groups is 1. The summed E-state index contributed by atoms with van der Waals surface area (Å²) in [5.74, 6) is 0.734. The minimum atomic E-state index is -0.182. The first-order valence-corrected chi connectivity index (χ1v) is 10.1. The first-order chi connectivity index (χ1) is 14.4. The number of likely N-dealkylation sites (N-methyl/N-ethyl adjacent to an activating group) is 1. The van der Waals surface area contributed by atoms with Crippen LogP contribution in [0.2, 0.25) is 5.02 Å². The molecule has 0 saturated carbocycles. The Balaban J connectivity index is 1.39. The van der Waals surface area contributed by atoms with E-state index >= 15 is 0 Å². The second-order valence-corrected chi connectivity index (χ2v) is 7.98. The highest BCUT2D eigenvalue weighted by Crippen LogP contribution is 2.24. The van der Waals surface area contributed by atoms with Gasteiger partial charge in [-0.25, -0.2) is 4.98 Å². The topological polar surface area (TPSA) is 91.8 Å². The molecular formula is C21H22ClN7O. The van der Waals surface area contributed by atoms with Crippen LogP contribution in [-0.4, -0.2) is 49.8 Å². The number of rotatable bonds is 5. The maximum atomic E-state index is 12.6. The van der Waals surface area contributed by atoms with E-state index in [9.17, 15) is 4.79 Å². The summed E-state index contributed by atoms with van der Waals surface area (Å²) in [7, 11) is 2.05. The Bertz CT molecular complexity index is 1130. The maximum Gasteiger partial charge on any atom is 0.271 e. The maximum absolute atomic E-state index is 12.6. The fourth-order valence-corrected chi connectivity index (χ4v) is 3.71. The van der Waals surface area contributed by atoms with Crippen molar-refractivity contribution in [3.8, 4) is 17.3 Å². The van der Waals surface area contributed by atoms with Crippen LogP contribution < -0.4 is 5.32 Å². The summed E-state index contributed by atoms with van der Waals surface area (Å²) in [6.45, 7) is 5.00. The fourth-order valence-electron chi connectivity index (χ4n) is 3.49. The monoisotopic (exact) mass is 423 g/mol. The number of amides is 1. The van der Waals surface area contributed by atoms with Gasteiger partial charge in [-0.15, -0.1) is 0 Å². The van der Waals surface area contributed by atoms with Gasteiger partial charge in [0.1, 0.15) is 17.6 Å². The van der Waals surface area contributed by atoms with Crippen LogP contribution in [0.15, 0.2) is 36.7 Å². The highest BCUT2D eigenvalue weighted by atomic mass is 35.5. The predicted octanol–water partition coefficient (Wildman–Crippen LogP) is 2.54. The van der Waals surface area contributed by atoms with Crippen LogP contribution in [0.4, 0.5) is 0 Å². The van der Waals surface area contributed by atoms with E-state index in [4.69, 9.17) is 16.9 Å². The van der Waals surface area contributed by atoms with Gasteiger partial charge in [-0.3, -0.25) is 14.4 Å². The number of hydrogen-bond donors (Lipinski definition) is 1. The van der Waals surface area contributed by atoms with E-state index in [1.54, 1.807) is 16.8 Å². The minimum Gasteiger partial charge on any atom is -0.346 e. The lowest BCUT2D eigenvalue weighted by Crippen LogP contribution is -2.36. The first kappa shape index (κ1) is 20.1. The smallest absolute Gasteiger partial charge is 0.271 e. The Morgan fingerprint density at radius 1 is 1.37 bits per heavy atom. The molecule has 1 aliphatic rings. The molecule has 30 heavy (non-hydrogen) atoms. The number of halogens is 1. The third-order valence-corrected chi connectivity index (χ3v) is 5.40. The van der Waals surface area contributed by atoms with Crippen molar-refractivity contribution in [1.29, 1.82) is 5.26 Å². The third kappa shape index (κ3) is 4.22. The van der Waals surface area contributed by atoms with Gasteiger partial charge in [0.05, 0.1) is 29.4 Å². The predicted molar refractivity (Wildman–Crippen MR) is 113 cm³/mol. The molecule has 1 aliphatic heterocycles. The number of aromatic nitrogens is 4. The normalized spacial score (nSPS) is 14.7. The lowest BCUT2D eigenvalue weighted by molar-refractivity contribution is 0.0931. The largest absolute Gasteiger partial charge is 0.346 e. The molecule has 8 nitrogen and oxygen atoms in total. The van der Waals surface area contributed by atoms with Gasteiger partial charge in [-0.2, -0.15) is 10.4 Å². The fraction of sp³-hybridized carbons (Fsp3) is 0.333. The van der Waals surface area contributed by atoms with Gasteiger partial charge in [0.15, 0.2) is 0 Å². The van der Waals surface area contributed by atoms with Crippen molar-refractivity contribution in [2.75, 3.05) is 13.6 Å². The number of fused-ring (bicyclic) bond motifs is 1. The molecule has 1 amide bonds. The summed E-state index contributed by atoms with van der Waals surface area (Å²) in [6.07, 6.45) is 3.68. The van der Waals surface area contributed by atoms with Crippen molar-refractivity contribution in [2.24, 2.45) is 0 Å². The van der Waals surface area contributed by atoms with Crippen molar-refractivity contribution < 1.29 is 4.79 Å². The average molecular weight is 424 g/mol. The summed E-state index contributed by atoms with van der Waals surface area (Å²) in [5, 5.41) is 17.0. The Labute approximate surface area is 179 Å². The molecule has 0 aliphatic carbocycles. The summed E-state index contributed by atoms with van der Waals surface area (Å²) in [6, 6.07) is 9.03. The van der Waals surface area contributed by atoms with Crippen molar-refractivity contribution >= 4 is 17.5 Å². The number of benzene rings is 1. The van der Waals surface area contributed by atoms with Crippen molar-refractivity contribution in [3.63, 3.8) is 0 Å². The van der Waals surface area contributed by atoms with Crippen molar-refractivity contribution in [2.45, 2.75) is 32.6 Å². The molecule has 4 rings (SSSR count). The zero-order chi connectivity index (χ0) is 21.3. The molecule has 3 heterocycles. The third-order valence-electron chi connectivity index (χ3n) is 5.09. The van der Waals surface area contributed by atoms with Crippen LogP contribution in [0.5, 0.6) is 0 Å². The molecule has 2 aromatic heterocycles. The van der Waals surface area contributed by atoms with Gasteiger partial charge in [-0.05, 0) is 32.2 Å². The zero-order valence-electron chi connectivity index (χ0n) is 16.8. The van der Waals surface area contributed by atoms with Crippen LogP contribution in [-0.2, 0) is 19.6 Å². The Kier molecular flexibility index (Phi) is 5.57. The number of nitrogens with one attached hydrogen (secondary N) is 1. The van der Waals surface area contributed by atoms with Crippen LogP contribution in [0, 0.1) is 11.3 Å². The first-order valence-electron chi connectivity index (χ1n) is 9.72. The SMILES string of the molecule is CC(Cn1ccc(-c2ccc(C#N)c(Cl)c2)n1)NC(=O)c1cn2c(n1)CN(C)CC2.